The molecule has 1 aliphatic heterocycles. The van der Waals surface area contributed by atoms with Crippen molar-refractivity contribution < 1.29 is 13.7 Å². The minimum absolute atomic E-state index is 0.0539. The van der Waals surface area contributed by atoms with Gasteiger partial charge in [0.05, 0.1) is 28.5 Å². The predicted molar refractivity (Wildman–Crippen MR) is 126 cm³/mol. The molecular formula is C22H23N11O2. The highest BCUT2D eigenvalue weighted by atomic mass is 16.2. The zero-order chi connectivity index (χ0) is 27.4. The summed E-state index contributed by atoms with van der Waals surface area (Å²) in [5.41, 5.74) is 2.25. The third-order valence-corrected chi connectivity index (χ3v) is 6.05. The van der Waals surface area contributed by atoms with Gasteiger partial charge in [-0.15, -0.1) is 10.2 Å². The molecule has 0 aromatic carbocycles. The van der Waals surface area contributed by atoms with Gasteiger partial charge in [0.2, 0.25) is 5.91 Å². The standard InChI is InChI=1S/C22H23N11O2/c1-10-16-18(31-33(4)30-16)15-12(8-23)9-25-20(19(15)32(10)3)26-13-7-14(27-21(34)11-5-6-11)28-29-17(13)22(35)24-2/h7,9-11H,5-6H2,1-4H3,(H,24,35)(H2,25,26,27,28,34)/t10-/m0/s1/i2D3. The molecule has 13 nitrogen and oxygen atoms in total. The van der Waals surface area contributed by atoms with Gasteiger partial charge in [-0.3, -0.25) is 9.59 Å². The molecule has 13 heteroatoms. The van der Waals surface area contributed by atoms with Crippen molar-refractivity contribution in [3.05, 3.63) is 29.2 Å². The molecule has 3 aromatic heterocycles. The second-order valence-corrected chi connectivity index (χ2v) is 8.40. The molecule has 0 radical (unpaired) electrons. The van der Waals surface area contributed by atoms with Crippen LogP contribution in [0.2, 0.25) is 0 Å². The normalized spacial score (nSPS) is 17.7. The van der Waals surface area contributed by atoms with Crippen molar-refractivity contribution in [3.8, 4) is 17.3 Å². The Hall–Kier alpha value is -4.60. The van der Waals surface area contributed by atoms with Crippen LogP contribution in [0.15, 0.2) is 12.3 Å². The molecule has 178 valence electrons. The highest BCUT2D eigenvalue weighted by molar-refractivity contribution is 6.01. The Morgan fingerprint density at radius 1 is 1.26 bits per heavy atom. The van der Waals surface area contributed by atoms with E-state index in [1.165, 1.54) is 17.1 Å². The molecule has 1 fully saturated rings. The fourth-order valence-electron chi connectivity index (χ4n) is 3.99. The van der Waals surface area contributed by atoms with Gasteiger partial charge in [0.1, 0.15) is 17.5 Å². The number of nitriles is 1. The first-order valence-electron chi connectivity index (χ1n) is 12.3. The summed E-state index contributed by atoms with van der Waals surface area (Å²) in [5, 5.41) is 34.1. The molecule has 2 aliphatic rings. The van der Waals surface area contributed by atoms with E-state index in [1.807, 2.05) is 24.2 Å². The Kier molecular flexibility index (Phi) is 4.46. The number of nitrogens with one attached hydrogen (secondary N) is 3. The van der Waals surface area contributed by atoms with Crippen molar-refractivity contribution in [2.45, 2.75) is 25.8 Å². The number of nitrogens with zero attached hydrogens (tertiary/aromatic N) is 8. The van der Waals surface area contributed by atoms with Crippen LogP contribution >= 0.6 is 0 Å². The Balaban J connectivity index is 1.62. The zero-order valence-electron chi connectivity index (χ0n) is 22.1. The maximum Gasteiger partial charge on any atom is 0.273 e. The quantitative estimate of drug-likeness (QED) is 0.491. The second-order valence-electron chi connectivity index (χ2n) is 8.40. The van der Waals surface area contributed by atoms with Gasteiger partial charge in [-0.05, 0) is 19.8 Å². The predicted octanol–water partition coefficient (Wildman–Crippen LogP) is 1.50. The monoisotopic (exact) mass is 476 g/mol. The van der Waals surface area contributed by atoms with E-state index in [2.05, 4.69) is 42.1 Å². The van der Waals surface area contributed by atoms with Crippen molar-refractivity contribution in [3.63, 3.8) is 0 Å². The minimum Gasteiger partial charge on any atom is -0.363 e. The average molecular weight is 477 g/mol. The summed E-state index contributed by atoms with van der Waals surface area (Å²) < 4.78 is 22.2. The van der Waals surface area contributed by atoms with E-state index < -0.39 is 12.9 Å². The lowest BCUT2D eigenvalue weighted by atomic mass is 9.95. The van der Waals surface area contributed by atoms with Gasteiger partial charge in [0.15, 0.2) is 17.3 Å². The SMILES string of the molecule is [2H]C([2H])([2H])NC(=O)c1nnc(NC(=O)C2CC2)cc1Nc1ncc(C#N)c2c1N(C)[C@@H](C)c1nn(C)nc1-2. The molecule has 1 saturated carbocycles. The van der Waals surface area contributed by atoms with Gasteiger partial charge in [-0.2, -0.15) is 20.3 Å². The summed E-state index contributed by atoms with van der Waals surface area (Å²) in [6.07, 6.45) is 2.93. The molecular weight excluding hydrogens is 450 g/mol. The fourth-order valence-corrected chi connectivity index (χ4v) is 3.99. The van der Waals surface area contributed by atoms with Crippen LogP contribution < -0.4 is 20.9 Å². The summed E-state index contributed by atoms with van der Waals surface area (Å²) in [6.45, 7) is -0.840. The van der Waals surface area contributed by atoms with Crippen LogP contribution in [-0.4, -0.2) is 56.0 Å². The van der Waals surface area contributed by atoms with Gasteiger partial charge < -0.3 is 20.9 Å². The number of hydrogen-bond acceptors (Lipinski definition) is 10. The number of hydrogen-bond donors (Lipinski definition) is 3. The lowest BCUT2D eigenvalue weighted by molar-refractivity contribution is -0.117. The van der Waals surface area contributed by atoms with Crippen LogP contribution in [0.3, 0.4) is 0 Å². The number of fused-ring (bicyclic) bond motifs is 3. The maximum atomic E-state index is 12.8. The van der Waals surface area contributed by atoms with E-state index in [-0.39, 0.29) is 46.4 Å². The smallest absolute Gasteiger partial charge is 0.273 e. The van der Waals surface area contributed by atoms with Crippen molar-refractivity contribution in [1.29, 1.82) is 5.26 Å². The number of pyridine rings is 1. The van der Waals surface area contributed by atoms with E-state index in [0.29, 0.717) is 22.6 Å². The highest BCUT2D eigenvalue weighted by Crippen LogP contribution is 2.47. The number of rotatable bonds is 5. The molecule has 0 bridgehead atoms. The summed E-state index contributed by atoms with van der Waals surface area (Å²) in [7, 11) is 3.50. The Morgan fingerprint density at radius 2 is 2.06 bits per heavy atom. The van der Waals surface area contributed by atoms with E-state index >= 15 is 0 Å². The number of amides is 2. The first-order valence-corrected chi connectivity index (χ1v) is 10.8. The molecule has 1 aliphatic carbocycles. The number of aryl methyl sites for hydroxylation is 1. The van der Waals surface area contributed by atoms with Crippen molar-refractivity contribution in [2.24, 2.45) is 13.0 Å². The van der Waals surface area contributed by atoms with Crippen molar-refractivity contribution >= 4 is 34.8 Å². The highest BCUT2D eigenvalue weighted by Gasteiger charge is 2.35. The van der Waals surface area contributed by atoms with Crippen LogP contribution in [0.5, 0.6) is 0 Å². The largest absolute Gasteiger partial charge is 0.363 e. The summed E-state index contributed by atoms with van der Waals surface area (Å²) in [4.78, 5) is 32.8. The minimum atomic E-state index is -2.77. The first-order chi connectivity index (χ1) is 18.0. The molecule has 0 saturated heterocycles. The van der Waals surface area contributed by atoms with E-state index in [0.717, 1.165) is 12.8 Å². The van der Waals surface area contributed by atoms with E-state index in [9.17, 15) is 14.9 Å². The van der Waals surface area contributed by atoms with Crippen LogP contribution in [0.25, 0.3) is 11.3 Å². The number of anilines is 4. The van der Waals surface area contributed by atoms with Gasteiger partial charge in [0, 0.05) is 43.4 Å². The van der Waals surface area contributed by atoms with Gasteiger partial charge in [-0.1, -0.05) is 0 Å². The average Bonchev–Trinajstić information content (AvgIpc) is 3.62. The summed E-state index contributed by atoms with van der Waals surface area (Å²) in [5.74, 6) is -0.992. The third kappa shape index (κ3) is 3.78. The topological polar surface area (TPSA) is 167 Å². The van der Waals surface area contributed by atoms with E-state index in [4.69, 9.17) is 4.11 Å². The zero-order valence-corrected chi connectivity index (χ0v) is 19.1. The second kappa shape index (κ2) is 8.32. The number of carbonyl (C=O) groups excluding carboxylic acids is 2. The molecule has 0 spiro atoms. The molecule has 1 atom stereocenters. The summed E-state index contributed by atoms with van der Waals surface area (Å²) >= 11 is 0. The fraction of sp³-hybridized carbons (Fsp3) is 0.364. The number of aromatic nitrogens is 6. The first kappa shape index (κ1) is 18.8. The number of carbonyl (C=O) groups is 2. The Labute approximate surface area is 204 Å². The van der Waals surface area contributed by atoms with Crippen molar-refractivity contribution in [1.82, 2.24) is 35.5 Å². The molecule has 0 unspecified atom stereocenters. The Morgan fingerprint density at radius 3 is 2.77 bits per heavy atom. The van der Waals surface area contributed by atoms with Crippen LogP contribution in [0.4, 0.5) is 23.0 Å². The lowest BCUT2D eigenvalue weighted by Crippen LogP contribution is -2.28. The molecule has 2 amide bonds. The summed E-state index contributed by atoms with van der Waals surface area (Å²) in [6, 6.07) is 3.30. The molecule has 35 heavy (non-hydrogen) atoms. The maximum absolute atomic E-state index is 12.8. The third-order valence-electron chi connectivity index (χ3n) is 6.05. The van der Waals surface area contributed by atoms with Crippen molar-refractivity contribution in [2.75, 3.05) is 29.6 Å². The Bertz CT molecular complexity index is 1510. The van der Waals surface area contributed by atoms with E-state index in [1.54, 1.807) is 7.05 Å². The van der Waals surface area contributed by atoms with Crippen LogP contribution in [0.1, 0.15) is 51.7 Å². The molecule has 3 aromatic rings. The van der Waals surface area contributed by atoms with Crippen LogP contribution in [-0.2, 0) is 11.8 Å². The van der Waals surface area contributed by atoms with Gasteiger partial charge in [0.25, 0.3) is 5.91 Å². The molecule has 3 N–H and O–H groups in total. The molecule has 4 heterocycles. The molecule has 5 rings (SSSR count). The lowest BCUT2D eigenvalue weighted by Gasteiger charge is -2.33. The van der Waals surface area contributed by atoms with Crippen LogP contribution in [0, 0.1) is 17.2 Å². The van der Waals surface area contributed by atoms with Gasteiger partial charge >= 0.3 is 0 Å². The van der Waals surface area contributed by atoms with Gasteiger partial charge in [-0.25, -0.2) is 4.98 Å².